The van der Waals surface area contributed by atoms with E-state index in [-0.39, 0.29) is 11.6 Å². The predicted molar refractivity (Wildman–Crippen MR) is 120 cm³/mol. The van der Waals surface area contributed by atoms with Gasteiger partial charge in [-0.2, -0.15) is 0 Å². The van der Waals surface area contributed by atoms with Gasteiger partial charge >= 0.3 is 6.03 Å². The normalized spacial score (nSPS) is 11.4. The number of hydroxylamine groups is 2. The molecule has 0 aromatic heterocycles. The molecule has 0 saturated carbocycles. The molecular formula is C23H30F2N4O3. The van der Waals surface area contributed by atoms with Crippen LogP contribution in [0.15, 0.2) is 42.5 Å². The lowest BCUT2D eigenvalue weighted by atomic mass is 10.2. The first-order valence-electron chi connectivity index (χ1n) is 10.2. The first kappa shape index (κ1) is 25.2. The van der Waals surface area contributed by atoms with Gasteiger partial charge in [-0.25, -0.2) is 18.6 Å². The lowest BCUT2D eigenvalue weighted by Crippen LogP contribution is -2.41. The van der Waals surface area contributed by atoms with Crippen molar-refractivity contribution < 1.29 is 23.2 Å². The van der Waals surface area contributed by atoms with Crippen molar-refractivity contribution in [3.63, 3.8) is 0 Å². The second kappa shape index (κ2) is 11.0. The highest BCUT2D eigenvalue weighted by molar-refractivity contribution is 5.99. The summed E-state index contributed by atoms with van der Waals surface area (Å²) >= 11 is 0. The molecule has 0 aliphatic rings. The van der Waals surface area contributed by atoms with E-state index in [0.717, 1.165) is 5.56 Å². The molecule has 2 aromatic carbocycles. The maximum atomic E-state index is 14.2. The van der Waals surface area contributed by atoms with E-state index in [9.17, 15) is 18.4 Å². The molecule has 0 bridgehead atoms. The second-order valence-electron chi connectivity index (χ2n) is 8.46. The molecule has 3 amide bonds. The summed E-state index contributed by atoms with van der Waals surface area (Å²) in [5, 5.41) is 6.32. The van der Waals surface area contributed by atoms with Gasteiger partial charge in [-0.1, -0.05) is 6.07 Å². The van der Waals surface area contributed by atoms with E-state index in [0.29, 0.717) is 25.3 Å². The number of amides is 3. The molecule has 2 N–H and O–H groups in total. The molecule has 0 aliphatic carbocycles. The molecule has 0 aliphatic heterocycles. The van der Waals surface area contributed by atoms with E-state index >= 15 is 0 Å². The summed E-state index contributed by atoms with van der Waals surface area (Å²) in [4.78, 5) is 31.6. The topological polar surface area (TPSA) is 73.9 Å². The minimum absolute atomic E-state index is 0.0249. The maximum absolute atomic E-state index is 14.2. The number of anilines is 2. The van der Waals surface area contributed by atoms with Crippen LogP contribution in [0.2, 0.25) is 0 Å². The van der Waals surface area contributed by atoms with Gasteiger partial charge in [-0.3, -0.25) is 9.63 Å². The number of likely N-dealkylation sites (N-methyl/N-ethyl adjacent to an activating group) is 1. The molecular weight excluding hydrogens is 418 g/mol. The Hall–Kier alpha value is -3.04. The molecule has 0 heterocycles. The van der Waals surface area contributed by atoms with Crippen molar-refractivity contribution in [2.24, 2.45) is 0 Å². The van der Waals surface area contributed by atoms with Crippen molar-refractivity contribution in [1.82, 2.24) is 9.96 Å². The molecule has 0 fully saturated rings. The van der Waals surface area contributed by atoms with Gasteiger partial charge in [-0.05, 0) is 69.8 Å². The molecule has 0 radical (unpaired) electrons. The van der Waals surface area contributed by atoms with Crippen LogP contribution >= 0.6 is 0 Å². The maximum Gasteiger partial charge on any atom is 0.323 e. The number of hydrogen-bond donors (Lipinski definition) is 2. The Bertz CT molecular complexity index is 930. The Morgan fingerprint density at radius 1 is 1.00 bits per heavy atom. The molecule has 2 aromatic rings. The third-order valence-corrected chi connectivity index (χ3v) is 4.25. The van der Waals surface area contributed by atoms with Gasteiger partial charge in [0.15, 0.2) is 0 Å². The molecule has 2 rings (SSSR count). The summed E-state index contributed by atoms with van der Waals surface area (Å²) in [6.07, 6.45) is 0. The minimum atomic E-state index is -0.641. The molecule has 0 atom stereocenters. The number of benzene rings is 2. The largest absolute Gasteiger partial charge is 0.323 e. The van der Waals surface area contributed by atoms with E-state index < -0.39 is 23.3 Å². The average Bonchev–Trinajstić information content (AvgIpc) is 2.68. The number of halogens is 2. The van der Waals surface area contributed by atoms with Crippen LogP contribution in [0.5, 0.6) is 0 Å². The zero-order chi connectivity index (χ0) is 23.9. The lowest BCUT2D eigenvalue weighted by Gasteiger charge is -2.30. The highest BCUT2D eigenvalue weighted by atomic mass is 19.1. The fraction of sp³-hybridized carbons (Fsp3) is 0.391. The summed E-state index contributed by atoms with van der Waals surface area (Å²) in [6, 6.07) is 9.06. The molecule has 7 nitrogen and oxygen atoms in total. The van der Waals surface area contributed by atoms with E-state index in [1.165, 1.54) is 42.3 Å². The zero-order valence-corrected chi connectivity index (χ0v) is 19.0. The summed E-state index contributed by atoms with van der Waals surface area (Å²) in [5.74, 6) is -1.18. The van der Waals surface area contributed by atoms with Gasteiger partial charge in [-0.15, -0.1) is 0 Å². The number of hydrogen-bond acceptors (Lipinski definition) is 4. The Morgan fingerprint density at radius 2 is 1.66 bits per heavy atom. The fourth-order valence-corrected chi connectivity index (χ4v) is 2.83. The number of rotatable bonds is 8. The van der Waals surface area contributed by atoms with Crippen LogP contribution in [-0.2, 0) is 16.2 Å². The third-order valence-electron chi connectivity index (χ3n) is 4.25. The molecule has 174 valence electrons. The van der Waals surface area contributed by atoms with Crippen molar-refractivity contribution >= 4 is 23.3 Å². The molecule has 32 heavy (non-hydrogen) atoms. The summed E-state index contributed by atoms with van der Waals surface area (Å²) < 4.78 is 27.2. The summed E-state index contributed by atoms with van der Waals surface area (Å²) in [5.41, 5.74) is 0.692. The van der Waals surface area contributed by atoms with Crippen LogP contribution in [0.3, 0.4) is 0 Å². The number of nitrogens with zero attached hydrogens (tertiary/aromatic N) is 2. The second-order valence-corrected chi connectivity index (χ2v) is 8.46. The first-order chi connectivity index (χ1) is 14.9. The molecule has 0 unspecified atom stereocenters. The fourth-order valence-electron chi connectivity index (χ4n) is 2.83. The van der Waals surface area contributed by atoms with Crippen molar-refractivity contribution in [2.75, 3.05) is 30.8 Å². The van der Waals surface area contributed by atoms with Crippen LogP contribution in [0, 0.1) is 11.6 Å². The van der Waals surface area contributed by atoms with Gasteiger partial charge in [0, 0.05) is 25.7 Å². The SMILES string of the molecule is CC(=O)N(CCN(C)Cc1ccc(F)c(NC(=O)Nc2ccc(F)cc2)c1)OC(C)(C)C. The van der Waals surface area contributed by atoms with Gasteiger partial charge in [0.1, 0.15) is 11.6 Å². The Morgan fingerprint density at radius 3 is 2.25 bits per heavy atom. The average molecular weight is 449 g/mol. The lowest BCUT2D eigenvalue weighted by molar-refractivity contribution is -0.226. The Kier molecular flexibility index (Phi) is 8.68. The van der Waals surface area contributed by atoms with E-state index in [4.69, 9.17) is 4.84 Å². The summed E-state index contributed by atoms with van der Waals surface area (Å²) in [6.45, 7) is 8.41. The summed E-state index contributed by atoms with van der Waals surface area (Å²) in [7, 11) is 1.87. The van der Waals surface area contributed by atoms with E-state index in [2.05, 4.69) is 10.6 Å². The molecule has 0 saturated heterocycles. The number of urea groups is 1. The van der Waals surface area contributed by atoms with Crippen LogP contribution in [0.4, 0.5) is 25.0 Å². The molecule has 9 heteroatoms. The third kappa shape index (κ3) is 8.60. The quantitative estimate of drug-likeness (QED) is 0.578. The molecule has 0 spiro atoms. The number of carbonyl (C=O) groups excluding carboxylic acids is 2. The highest BCUT2D eigenvalue weighted by Crippen LogP contribution is 2.18. The predicted octanol–water partition coefficient (Wildman–Crippen LogP) is 4.62. The van der Waals surface area contributed by atoms with Gasteiger partial charge < -0.3 is 15.5 Å². The smallest absolute Gasteiger partial charge is 0.308 e. The monoisotopic (exact) mass is 448 g/mol. The zero-order valence-electron chi connectivity index (χ0n) is 19.0. The van der Waals surface area contributed by atoms with Gasteiger partial charge in [0.25, 0.3) is 0 Å². The Balaban J connectivity index is 1.95. The van der Waals surface area contributed by atoms with Crippen molar-refractivity contribution in [3.05, 3.63) is 59.7 Å². The van der Waals surface area contributed by atoms with Crippen LogP contribution < -0.4 is 10.6 Å². The Labute approximate surface area is 187 Å². The van der Waals surface area contributed by atoms with Crippen molar-refractivity contribution in [3.8, 4) is 0 Å². The van der Waals surface area contributed by atoms with E-state index in [1.807, 2.05) is 32.7 Å². The van der Waals surface area contributed by atoms with E-state index in [1.54, 1.807) is 12.1 Å². The number of carbonyl (C=O) groups is 2. The van der Waals surface area contributed by atoms with Crippen LogP contribution in [0.1, 0.15) is 33.3 Å². The van der Waals surface area contributed by atoms with Crippen LogP contribution in [-0.4, -0.2) is 47.6 Å². The van der Waals surface area contributed by atoms with Gasteiger partial charge in [0.05, 0.1) is 17.8 Å². The number of nitrogens with one attached hydrogen (secondary N) is 2. The first-order valence-corrected chi connectivity index (χ1v) is 10.2. The van der Waals surface area contributed by atoms with Crippen molar-refractivity contribution in [1.29, 1.82) is 0 Å². The van der Waals surface area contributed by atoms with Crippen LogP contribution in [0.25, 0.3) is 0 Å². The standard InChI is InChI=1S/C23H30F2N4O3/c1-16(30)29(32-23(2,3)4)13-12-28(5)15-17-6-11-20(25)21(14-17)27-22(31)26-19-9-7-18(24)8-10-19/h6-11,14H,12-13,15H2,1-5H3,(H2,26,27,31). The highest BCUT2D eigenvalue weighted by Gasteiger charge is 2.20. The minimum Gasteiger partial charge on any atom is -0.308 e. The van der Waals surface area contributed by atoms with Crippen molar-refractivity contribution in [2.45, 2.75) is 39.8 Å². The van der Waals surface area contributed by atoms with Gasteiger partial charge in [0.2, 0.25) is 5.91 Å².